The highest BCUT2D eigenvalue weighted by molar-refractivity contribution is 5.94. The topological polar surface area (TPSA) is 40.5 Å². The molecular weight excluding hydrogens is 257 g/mol. The molecule has 4 heteroatoms. The molecule has 0 unspecified atom stereocenters. The first-order chi connectivity index (χ1) is 9.42. The van der Waals surface area contributed by atoms with E-state index >= 15 is 0 Å². The minimum absolute atomic E-state index is 0.220. The van der Waals surface area contributed by atoms with Crippen LogP contribution in [-0.2, 0) is 0 Å². The molecule has 0 bridgehead atoms. The van der Waals surface area contributed by atoms with Gasteiger partial charge in [-0.25, -0.2) is 9.18 Å². The first-order valence-electron chi connectivity index (χ1n) is 7.20. The van der Waals surface area contributed by atoms with Crippen molar-refractivity contribution in [1.29, 1.82) is 0 Å². The number of aromatic carboxylic acids is 1. The van der Waals surface area contributed by atoms with Crippen molar-refractivity contribution in [2.45, 2.75) is 46.6 Å². The molecule has 0 saturated carbocycles. The predicted octanol–water partition coefficient (Wildman–Crippen LogP) is 4.17. The van der Waals surface area contributed by atoms with Crippen molar-refractivity contribution >= 4 is 11.7 Å². The van der Waals surface area contributed by atoms with Crippen molar-refractivity contribution in [2.24, 2.45) is 5.92 Å². The molecule has 1 aromatic rings. The molecule has 1 N–H and O–H groups in total. The van der Waals surface area contributed by atoms with Crippen LogP contribution in [0.4, 0.5) is 10.1 Å². The van der Waals surface area contributed by atoms with Gasteiger partial charge >= 0.3 is 5.97 Å². The number of anilines is 1. The number of nitrogens with zero attached hydrogens (tertiary/aromatic N) is 1. The molecule has 0 spiro atoms. The third-order valence-electron chi connectivity index (χ3n) is 3.46. The van der Waals surface area contributed by atoms with Crippen LogP contribution < -0.4 is 4.90 Å². The van der Waals surface area contributed by atoms with Gasteiger partial charge in [-0.1, -0.05) is 33.8 Å². The average Bonchev–Trinajstić information content (AvgIpc) is 2.37. The van der Waals surface area contributed by atoms with E-state index < -0.39 is 11.8 Å². The molecule has 0 aromatic heterocycles. The van der Waals surface area contributed by atoms with E-state index in [1.54, 1.807) is 12.1 Å². The lowest BCUT2D eigenvalue weighted by Crippen LogP contribution is -2.38. The van der Waals surface area contributed by atoms with Crippen LogP contribution in [-0.4, -0.2) is 23.7 Å². The van der Waals surface area contributed by atoms with Gasteiger partial charge in [0.2, 0.25) is 0 Å². The van der Waals surface area contributed by atoms with Crippen LogP contribution in [0.2, 0.25) is 0 Å². The Morgan fingerprint density at radius 3 is 2.35 bits per heavy atom. The number of carbonyl (C=O) groups is 1. The van der Waals surface area contributed by atoms with Crippen LogP contribution in [0.3, 0.4) is 0 Å². The molecule has 0 aliphatic heterocycles. The van der Waals surface area contributed by atoms with Gasteiger partial charge in [-0.05, 0) is 30.9 Å². The summed E-state index contributed by atoms with van der Waals surface area (Å²) >= 11 is 0. The van der Waals surface area contributed by atoms with Gasteiger partial charge in [0.05, 0.1) is 5.69 Å². The lowest BCUT2D eigenvalue weighted by molar-refractivity contribution is 0.0692. The fourth-order valence-corrected chi connectivity index (χ4v) is 2.53. The Bertz CT molecular complexity index is 456. The Morgan fingerprint density at radius 1 is 1.30 bits per heavy atom. The third-order valence-corrected chi connectivity index (χ3v) is 3.46. The summed E-state index contributed by atoms with van der Waals surface area (Å²) in [6, 6.07) is 4.70. The van der Waals surface area contributed by atoms with E-state index in [0.29, 0.717) is 11.6 Å². The Morgan fingerprint density at radius 2 is 1.90 bits per heavy atom. The Kier molecular flexibility index (Phi) is 5.99. The maximum atomic E-state index is 13.9. The molecule has 0 amide bonds. The minimum Gasteiger partial charge on any atom is -0.478 e. The van der Waals surface area contributed by atoms with Gasteiger partial charge in [0, 0.05) is 12.6 Å². The predicted molar refractivity (Wildman–Crippen MR) is 79.9 cm³/mol. The van der Waals surface area contributed by atoms with E-state index in [1.165, 1.54) is 6.07 Å². The van der Waals surface area contributed by atoms with Gasteiger partial charge in [-0.2, -0.15) is 0 Å². The average molecular weight is 281 g/mol. The molecule has 0 aliphatic carbocycles. The molecule has 1 aromatic carbocycles. The minimum atomic E-state index is -1.21. The van der Waals surface area contributed by atoms with Crippen LogP contribution in [0.15, 0.2) is 18.2 Å². The van der Waals surface area contributed by atoms with E-state index in [-0.39, 0.29) is 11.6 Å². The van der Waals surface area contributed by atoms with E-state index in [4.69, 9.17) is 0 Å². The standard InChI is InChI=1S/C16H24FNO2/c1-5-12(6-2)18(10-11(3)4)14-9-7-8-13(17)15(14)16(19)20/h7-9,11-12H,5-6,10H2,1-4H3,(H,19,20). The van der Waals surface area contributed by atoms with Crippen LogP contribution in [0.25, 0.3) is 0 Å². The summed E-state index contributed by atoms with van der Waals surface area (Å²) in [5.74, 6) is -1.51. The van der Waals surface area contributed by atoms with E-state index in [1.807, 2.05) is 4.90 Å². The number of hydrogen-bond donors (Lipinski definition) is 1. The van der Waals surface area contributed by atoms with Crippen molar-refractivity contribution in [2.75, 3.05) is 11.4 Å². The first kappa shape index (κ1) is 16.5. The highest BCUT2D eigenvalue weighted by Crippen LogP contribution is 2.28. The summed E-state index contributed by atoms with van der Waals surface area (Å²) in [4.78, 5) is 13.4. The van der Waals surface area contributed by atoms with Crippen LogP contribution in [0, 0.1) is 11.7 Å². The van der Waals surface area contributed by atoms with Gasteiger partial charge in [0.1, 0.15) is 11.4 Å². The molecule has 0 fully saturated rings. The number of halogens is 1. The summed E-state index contributed by atoms with van der Waals surface area (Å²) in [6.45, 7) is 9.02. The van der Waals surface area contributed by atoms with Gasteiger partial charge in [-0.3, -0.25) is 0 Å². The molecule has 112 valence electrons. The molecule has 1 rings (SSSR count). The third kappa shape index (κ3) is 3.71. The zero-order valence-electron chi connectivity index (χ0n) is 12.7. The van der Waals surface area contributed by atoms with Gasteiger partial charge in [0.15, 0.2) is 0 Å². The molecule has 0 radical (unpaired) electrons. The monoisotopic (exact) mass is 281 g/mol. The fraction of sp³-hybridized carbons (Fsp3) is 0.562. The molecule has 0 atom stereocenters. The van der Waals surface area contributed by atoms with Crippen LogP contribution in [0.5, 0.6) is 0 Å². The number of carboxylic acids is 1. The second-order valence-electron chi connectivity index (χ2n) is 5.46. The summed E-state index contributed by atoms with van der Waals surface area (Å²) < 4.78 is 13.9. The van der Waals surface area contributed by atoms with Crippen molar-refractivity contribution in [1.82, 2.24) is 0 Å². The maximum absolute atomic E-state index is 13.9. The first-order valence-corrected chi connectivity index (χ1v) is 7.20. The van der Waals surface area contributed by atoms with Crippen molar-refractivity contribution in [3.63, 3.8) is 0 Å². The van der Waals surface area contributed by atoms with Crippen LogP contribution in [0.1, 0.15) is 50.9 Å². The maximum Gasteiger partial charge on any atom is 0.340 e. The number of carboxylic acid groups (broad SMARTS) is 1. The molecule has 3 nitrogen and oxygen atoms in total. The van der Waals surface area contributed by atoms with Gasteiger partial charge < -0.3 is 10.0 Å². The number of benzene rings is 1. The SMILES string of the molecule is CCC(CC)N(CC(C)C)c1cccc(F)c1C(=O)O. The summed E-state index contributed by atoms with van der Waals surface area (Å²) in [6.07, 6.45) is 1.80. The van der Waals surface area contributed by atoms with Gasteiger partial charge in [-0.15, -0.1) is 0 Å². The smallest absolute Gasteiger partial charge is 0.340 e. The van der Waals surface area contributed by atoms with Crippen molar-refractivity contribution in [3.05, 3.63) is 29.6 Å². The fourth-order valence-electron chi connectivity index (χ4n) is 2.53. The highest BCUT2D eigenvalue weighted by Gasteiger charge is 2.24. The Labute approximate surface area is 120 Å². The normalized spacial score (nSPS) is 11.2. The van der Waals surface area contributed by atoms with Crippen molar-refractivity contribution in [3.8, 4) is 0 Å². The molecule has 20 heavy (non-hydrogen) atoms. The zero-order chi connectivity index (χ0) is 15.3. The molecule has 0 saturated heterocycles. The lowest BCUT2D eigenvalue weighted by Gasteiger charge is -2.35. The molecule has 0 heterocycles. The molecular formula is C16H24FNO2. The summed E-state index contributed by atoms with van der Waals surface area (Å²) in [7, 11) is 0. The largest absolute Gasteiger partial charge is 0.478 e. The Hall–Kier alpha value is -1.58. The molecule has 0 aliphatic rings. The quantitative estimate of drug-likeness (QED) is 0.815. The second-order valence-corrected chi connectivity index (χ2v) is 5.46. The summed E-state index contributed by atoms with van der Waals surface area (Å²) in [5, 5.41) is 9.29. The van der Waals surface area contributed by atoms with Crippen LogP contribution >= 0.6 is 0 Å². The van der Waals surface area contributed by atoms with E-state index in [9.17, 15) is 14.3 Å². The van der Waals surface area contributed by atoms with Crippen molar-refractivity contribution < 1.29 is 14.3 Å². The number of rotatable bonds is 7. The number of hydrogen-bond acceptors (Lipinski definition) is 2. The van der Waals surface area contributed by atoms with E-state index in [0.717, 1.165) is 19.4 Å². The Balaban J connectivity index is 3.33. The summed E-state index contributed by atoms with van der Waals surface area (Å²) in [5.41, 5.74) is 0.264. The second kappa shape index (κ2) is 7.27. The zero-order valence-corrected chi connectivity index (χ0v) is 12.7. The lowest BCUT2D eigenvalue weighted by atomic mass is 10.0. The highest BCUT2D eigenvalue weighted by atomic mass is 19.1. The van der Waals surface area contributed by atoms with Gasteiger partial charge in [0.25, 0.3) is 0 Å². The van der Waals surface area contributed by atoms with E-state index in [2.05, 4.69) is 27.7 Å².